The Hall–Kier alpha value is -1.47. The van der Waals surface area contributed by atoms with Crippen molar-refractivity contribution in [2.24, 2.45) is 0 Å². The predicted molar refractivity (Wildman–Crippen MR) is 63.8 cm³/mol. The summed E-state index contributed by atoms with van der Waals surface area (Å²) in [6.07, 6.45) is 3.77. The van der Waals surface area contributed by atoms with E-state index in [1.807, 2.05) is 4.40 Å². The minimum absolute atomic E-state index is 0.644. The van der Waals surface area contributed by atoms with Crippen molar-refractivity contribution in [1.29, 1.82) is 0 Å². The molecule has 0 atom stereocenters. The van der Waals surface area contributed by atoms with E-state index in [1.54, 1.807) is 29.0 Å². The number of hydrogen-bond donors (Lipinski definition) is 1. The summed E-state index contributed by atoms with van der Waals surface area (Å²) in [6, 6.07) is 0. The van der Waals surface area contributed by atoms with E-state index in [4.69, 9.17) is 5.73 Å². The maximum atomic E-state index is 5.77. The summed E-state index contributed by atoms with van der Waals surface area (Å²) in [5, 5.41) is 8.66. The van der Waals surface area contributed by atoms with Crippen molar-refractivity contribution in [3.05, 3.63) is 16.9 Å². The number of aromatic nitrogens is 4. The van der Waals surface area contributed by atoms with Gasteiger partial charge in [0.2, 0.25) is 4.96 Å². The van der Waals surface area contributed by atoms with Crippen LogP contribution in [0.2, 0.25) is 0 Å². The molecule has 0 radical (unpaired) electrons. The van der Waals surface area contributed by atoms with E-state index >= 15 is 0 Å². The van der Waals surface area contributed by atoms with Gasteiger partial charge < -0.3 is 5.73 Å². The highest BCUT2D eigenvalue weighted by Gasteiger charge is 2.25. The van der Waals surface area contributed by atoms with Crippen LogP contribution in [0.5, 0.6) is 0 Å². The first-order chi connectivity index (χ1) is 7.83. The minimum Gasteiger partial charge on any atom is -0.375 e. The lowest BCUT2D eigenvalue weighted by Crippen LogP contribution is -2.01. The Bertz CT molecular complexity index is 692. The van der Waals surface area contributed by atoms with Crippen LogP contribution in [0.1, 0.15) is 10.6 Å². The van der Waals surface area contributed by atoms with Gasteiger partial charge in [-0.2, -0.15) is 0 Å². The largest absolute Gasteiger partial charge is 0.375 e. The van der Waals surface area contributed by atoms with Crippen molar-refractivity contribution < 1.29 is 0 Å². The van der Waals surface area contributed by atoms with Crippen LogP contribution in [0.15, 0.2) is 6.33 Å². The molecule has 16 heavy (non-hydrogen) atoms. The molecule has 4 rings (SSSR count). The van der Waals surface area contributed by atoms with E-state index in [2.05, 4.69) is 15.2 Å². The summed E-state index contributed by atoms with van der Waals surface area (Å²) in [6.45, 7) is 0. The maximum Gasteiger partial charge on any atom is 0.216 e. The highest BCUT2D eigenvalue weighted by Crippen LogP contribution is 2.41. The van der Waals surface area contributed by atoms with E-state index in [0.29, 0.717) is 5.13 Å². The summed E-state index contributed by atoms with van der Waals surface area (Å²) in [5.74, 6) is 0. The molecule has 3 aromatic rings. The Morgan fingerprint density at radius 1 is 1.31 bits per heavy atom. The molecule has 3 heterocycles. The SMILES string of the molecule is Nc1nc2c(s1)-c1c(sc3nncn13)CC2. The predicted octanol–water partition coefficient (Wildman–Crippen LogP) is 1.60. The monoisotopic (exact) mass is 249 g/mol. The Kier molecular flexibility index (Phi) is 1.52. The zero-order valence-electron chi connectivity index (χ0n) is 8.17. The first-order valence-electron chi connectivity index (χ1n) is 4.90. The lowest BCUT2D eigenvalue weighted by atomic mass is 10.1. The average molecular weight is 249 g/mol. The fourth-order valence-electron chi connectivity index (χ4n) is 2.10. The van der Waals surface area contributed by atoms with Crippen LogP contribution in [0, 0.1) is 0 Å². The molecule has 7 heteroatoms. The number of thiazole rings is 2. The molecule has 5 nitrogen and oxygen atoms in total. The standard InChI is InChI=1S/C9H7N5S2/c10-8-12-4-1-2-5-6(7(4)16-8)14-3-11-13-9(14)15-5/h3H,1-2H2,(H2,10,12). The Morgan fingerprint density at radius 3 is 3.19 bits per heavy atom. The van der Waals surface area contributed by atoms with Gasteiger partial charge in [0.1, 0.15) is 6.33 Å². The zero-order valence-corrected chi connectivity index (χ0v) is 9.81. The molecule has 0 aliphatic heterocycles. The molecule has 0 saturated heterocycles. The number of rotatable bonds is 0. The molecule has 0 aromatic carbocycles. The van der Waals surface area contributed by atoms with Crippen LogP contribution in [-0.4, -0.2) is 19.6 Å². The van der Waals surface area contributed by atoms with Gasteiger partial charge in [-0.1, -0.05) is 22.7 Å². The molecule has 1 aliphatic rings. The van der Waals surface area contributed by atoms with Crippen LogP contribution in [0.25, 0.3) is 15.5 Å². The molecule has 2 N–H and O–H groups in total. The summed E-state index contributed by atoms with van der Waals surface area (Å²) in [5.41, 5.74) is 8.08. The van der Waals surface area contributed by atoms with Gasteiger partial charge in [-0.05, 0) is 12.8 Å². The topological polar surface area (TPSA) is 69.1 Å². The summed E-state index contributed by atoms with van der Waals surface area (Å²) in [4.78, 5) is 7.86. The van der Waals surface area contributed by atoms with Gasteiger partial charge in [0.05, 0.1) is 16.3 Å². The number of anilines is 1. The summed E-state index contributed by atoms with van der Waals surface area (Å²) >= 11 is 3.26. The van der Waals surface area contributed by atoms with Gasteiger partial charge in [0.15, 0.2) is 5.13 Å². The molecule has 0 spiro atoms. The molecule has 3 aromatic heterocycles. The fraction of sp³-hybridized carbons (Fsp3) is 0.222. The van der Waals surface area contributed by atoms with Crippen molar-refractivity contribution in [2.75, 3.05) is 5.73 Å². The summed E-state index contributed by atoms with van der Waals surface area (Å²) < 4.78 is 2.04. The lowest BCUT2D eigenvalue weighted by molar-refractivity contribution is 0.916. The van der Waals surface area contributed by atoms with Crippen molar-refractivity contribution >= 4 is 32.8 Å². The molecule has 0 saturated carbocycles. The molecule has 1 aliphatic carbocycles. The number of nitrogens with two attached hydrogens (primary N) is 1. The average Bonchev–Trinajstić information content (AvgIpc) is 2.86. The van der Waals surface area contributed by atoms with E-state index in [0.717, 1.165) is 23.5 Å². The fourth-order valence-corrected chi connectivity index (χ4v) is 4.16. The molecule has 0 bridgehead atoms. The van der Waals surface area contributed by atoms with Crippen molar-refractivity contribution in [3.8, 4) is 10.6 Å². The van der Waals surface area contributed by atoms with E-state index < -0.39 is 0 Å². The maximum absolute atomic E-state index is 5.77. The van der Waals surface area contributed by atoms with E-state index in [-0.39, 0.29) is 0 Å². The van der Waals surface area contributed by atoms with Crippen LogP contribution >= 0.6 is 22.7 Å². The third-order valence-electron chi connectivity index (χ3n) is 2.75. The first kappa shape index (κ1) is 8.66. The van der Waals surface area contributed by atoms with Crippen LogP contribution < -0.4 is 5.73 Å². The van der Waals surface area contributed by atoms with Gasteiger partial charge in [0.25, 0.3) is 0 Å². The normalized spacial score (nSPS) is 14.0. The van der Waals surface area contributed by atoms with Crippen molar-refractivity contribution in [1.82, 2.24) is 19.6 Å². The van der Waals surface area contributed by atoms with Crippen molar-refractivity contribution in [2.45, 2.75) is 12.8 Å². The van der Waals surface area contributed by atoms with Gasteiger partial charge in [-0.25, -0.2) is 4.98 Å². The summed E-state index contributed by atoms with van der Waals surface area (Å²) in [7, 11) is 0. The molecular formula is C9H7N5S2. The molecular weight excluding hydrogens is 242 g/mol. The third kappa shape index (κ3) is 0.966. The lowest BCUT2D eigenvalue weighted by Gasteiger charge is -2.09. The van der Waals surface area contributed by atoms with Crippen LogP contribution in [0.3, 0.4) is 0 Å². The minimum atomic E-state index is 0.644. The van der Waals surface area contributed by atoms with E-state index in [1.165, 1.54) is 15.4 Å². The van der Waals surface area contributed by atoms with Gasteiger partial charge in [0, 0.05) is 4.88 Å². The van der Waals surface area contributed by atoms with Gasteiger partial charge in [-0.3, -0.25) is 4.40 Å². The quantitative estimate of drug-likeness (QED) is 0.657. The van der Waals surface area contributed by atoms with Crippen LogP contribution in [0.4, 0.5) is 5.13 Å². The van der Waals surface area contributed by atoms with Gasteiger partial charge >= 0.3 is 0 Å². The first-order valence-corrected chi connectivity index (χ1v) is 6.53. The number of aryl methyl sites for hydroxylation is 2. The number of hydrogen-bond acceptors (Lipinski definition) is 6. The Labute approximate surface area is 98.6 Å². The van der Waals surface area contributed by atoms with E-state index in [9.17, 15) is 0 Å². The Balaban J connectivity index is 2.14. The highest BCUT2D eigenvalue weighted by atomic mass is 32.1. The second-order valence-corrected chi connectivity index (χ2v) is 5.78. The zero-order chi connectivity index (χ0) is 10.7. The molecule has 0 fully saturated rings. The molecule has 0 unspecified atom stereocenters. The second-order valence-electron chi connectivity index (χ2n) is 3.69. The smallest absolute Gasteiger partial charge is 0.216 e. The van der Waals surface area contributed by atoms with Crippen molar-refractivity contribution in [3.63, 3.8) is 0 Å². The second kappa shape index (κ2) is 2.80. The van der Waals surface area contributed by atoms with Crippen LogP contribution in [-0.2, 0) is 12.8 Å². The number of fused-ring (bicyclic) bond motifs is 5. The Morgan fingerprint density at radius 2 is 2.25 bits per heavy atom. The van der Waals surface area contributed by atoms with Gasteiger partial charge in [-0.15, -0.1) is 10.2 Å². The third-order valence-corrected chi connectivity index (χ3v) is 4.79. The number of nitrogens with zero attached hydrogens (tertiary/aromatic N) is 4. The number of nitrogen functional groups attached to an aromatic ring is 1. The molecule has 80 valence electrons. The highest BCUT2D eigenvalue weighted by molar-refractivity contribution is 7.20. The molecule has 0 amide bonds.